The zero-order valence-corrected chi connectivity index (χ0v) is 11.0. The first-order chi connectivity index (χ1) is 8.60. The zero-order chi connectivity index (χ0) is 13.5. The molecule has 0 aromatic heterocycles. The Hall–Kier alpha value is -1.42. The molecule has 0 radical (unpaired) electrons. The smallest absolute Gasteiger partial charge is 0.305 e. The number of halogens is 1. The number of hydrogen-bond donors (Lipinski definition) is 0. The number of hydrogen-bond acceptors (Lipinski definition) is 3. The lowest BCUT2D eigenvalue weighted by Gasteiger charge is -2.16. The number of esters is 1. The minimum absolute atomic E-state index is 0.243. The number of methoxy groups -OCH3 is 2. The van der Waals surface area contributed by atoms with E-state index >= 15 is 0 Å². The number of ether oxygens (including phenoxy) is 2. The molecule has 0 amide bonds. The van der Waals surface area contributed by atoms with E-state index in [2.05, 4.69) is 4.74 Å². The Labute approximate surface area is 107 Å². The van der Waals surface area contributed by atoms with Gasteiger partial charge in [0.15, 0.2) is 0 Å². The van der Waals surface area contributed by atoms with Crippen molar-refractivity contribution < 1.29 is 18.7 Å². The fraction of sp³-hybridized carbons (Fsp3) is 0.500. The first-order valence-electron chi connectivity index (χ1n) is 5.97. The van der Waals surface area contributed by atoms with E-state index in [1.807, 2.05) is 13.0 Å². The minimum atomic E-state index is -0.292. The van der Waals surface area contributed by atoms with Crippen molar-refractivity contribution in [2.75, 3.05) is 14.2 Å². The van der Waals surface area contributed by atoms with Crippen molar-refractivity contribution in [3.05, 3.63) is 35.1 Å². The first-order valence-corrected chi connectivity index (χ1v) is 5.97. The van der Waals surface area contributed by atoms with Gasteiger partial charge in [0.2, 0.25) is 0 Å². The topological polar surface area (TPSA) is 35.5 Å². The van der Waals surface area contributed by atoms with Crippen molar-refractivity contribution in [2.45, 2.75) is 32.3 Å². The number of carbonyl (C=O) groups excluding carboxylic acids is 1. The second-order valence-electron chi connectivity index (χ2n) is 4.12. The minimum Gasteiger partial charge on any atom is -0.469 e. The molecule has 1 aromatic rings. The maximum atomic E-state index is 13.8. The van der Waals surface area contributed by atoms with Crippen LogP contribution in [0.4, 0.5) is 4.39 Å². The Morgan fingerprint density at radius 2 is 2.11 bits per heavy atom. The predicted molar refractivity (Wildman–Crippen MR) is 66.8 cm³/mol. The van der Waals surface area contributed by atoms with Gasteiger partial charge in [-0.05, 0) is 31.4 Å². The molecule has 1 unspecified atom stereocenters. The van der Waals surface area contributed by atoms with Crippen LogP contribution in [0.3, 0.4) is 0 Å². The number of benzene rings is 1. The molecule has 0 N–H and O–H groups in total. The summed E-state index contributed by atoms with van der Waals surface area (Å²) < 4.78 is 23.5. The molecule has 1 aromatic carbocycles. The summed E-state index contributed by atoms with van der Waals surface area (Å²) in [5, 5.41) is 0. The normalized spacial score (nSPS) is 12.2. The maximum Gasteiger partial charge on any atom is 0.305 e. The van der Waals surface area contributed by atoms with Crippen LogP contribution in [0, 0.1) is 5.82 Å². The lowest BCUT2D eigenvalue weighted by molar-refractivity contribution is -0.140. The summed E-state index contributed by atoms with van der Waals surface area (Å²) in [7, 11) is 2.91. The Kier molecular flexibility index (Phi) is 5.78. The first kappa shape index (κ1) is 14.6. The summed E-state index contributed by atoms with van der Waals surface area (Å²) >= 11 is 0. The Bertz CT molecular complexity index is 404. The highest BCUT2D eigenvalue weighted by Crippen LogP contribution is 2.25. The van der Waals surface area contributed by atoms with Crippen molar-refractivity contribution in [1.82, 2.24) is 0 Å². The highest BCUT2D eigenvalue weighted by atomic mass is 19.1. The van der Waals surface area contributed by atoms with Crippen LogP contribution in [0.5, 0.6) is 0 Å². The van der Waals surface area contributed by atoms with Gasteiger partial charge in [-0.15, -0.1) is 0 Å². The highest BCUT2D eigenvalue weighted by Gasteiger charge is 2.15. The molecule has 4 heteroatoms. The third-order valence-electron chi connectivity index (χ3n) is 2.96. The molecular weight excluding hydrogens is 235 g/mol. The second-order valence-corrected chi connectivity index (χ2v) is 4.12. The summed E-state index contributed by atoms with van der Waals surface area (Å²) in [6.07, 6.45) is 1.32. The molecule has 0 heterocycles. The Morgan fingerprint density at radius 3 is 2.72 bits per heavy atom. The van der Waals surface area contributed by atoms with Crippen LogP contribution in [-0.4, -0.2) is 20.2 Å². The van der Waals surface area contributed by atoms with Crippen molar-refractivity contribution in [2.24, 2.45) is 0 Å². The van der Waals surface area contributed by atoms with E-state index in [1.54, 1.807) is 13.2 Å². The fourth-order valence-corrected chi connectivity index (χ4v) is 1.90. The third kappa shape index (κ3) is 3.81. The molecule has 0 saturated heterocycles. The van der Waals surface area contributed by atoms with Gasteiger partial charge in [-0.3, -0.25) is 4.79 Å². The Morgan fingerprint density at radius 1 is 1.39 bits per heavy atom. The molecule has 0 saturated carbocycles. The van der Waals surface area contributed by atoms with Gasteiger partial charge < -0.3 is 9.47 Å². The van der Waals surface area contributed by atoms with Crippen LogP contribution >= 0.6 is 0 Å². The molecule has 0 spiro atoms. The SMILES string of the molecule is COC(=O)CCCc1cccc(F)c1C(C)OC. The predicted octanol–water partition coefficient (Wildman–Crippen LogP) is 3.03. The van der Waals surface area contributed by atoms with Crippen LogP contribution in [0.25, 0.3) is 0 Å². The molecule has 0 aliphatic carbocycles. The zero-order valence-electron chi connectivity index (χ0n) is 11.0. The lowest BCUT2D eigenvalue weighted by atomic mass is 9.98. The van der Waals surface area contributed by atoms with Crippen molar-refractivity contribution in [1.29, 1.82) is 0 Å². The highest BCUT2D eigenvalue weighted by molar-refractivity contribution is 5.69. The van der Waals surface area contributed by atoms with E-state index < -0.39 is 0 Å². The van der Waals surface area contributed by atoms with Crippen LogP contribution in [0.2, 0.25) is 0 Å². The fourth-order valence-electron chi connectivity index (χ4n) is 1.90. The lowest BCUT2D eigenvalue weighted by Crippen LogP contribution is -2.06. The molecular formula is C14H19FO3. The number of rotatable bonds is 6. The van der Waals surface area contributed by atoms with Crippen LogP contribution in [0.1, 0.15) is 37.0 Å². The van der Waals surface area contributed by atoms with Crippen molar-refractivity contribution in [3.8, 4) is 0 Å². The Balaban J connectivity index is 2.75. The van der Waals surface area contributed by atoms with E-state index in [0.29, 0.717) is 24.8 Å². The molecule has 3 nitrogen and oxygen atoms in total. The molecule has 0 fully saturated rings. The number of carbonyl (C=O) groups is 1. The van der Waals surface area contributed by atoms with Crippen LogP contribution < -0.4 is 0 Å². The summed E-state index contributed by atoms with van der Waals surface area (Å²) in [5.74, 6) is -0.507. The average Bonchev–Trinajstić information content (AvgIpc) is 2.37. The standard InChI is InChI=1S/C14H19FO3/c1-10(17-2)14-11(6-4-8-12(14)15)7-5-9-13(16)18-3/h4,6,8,10H,5,7,9H2,1-3H3. The van der Waals surface area contributed by atoms with Gasteiger partial charge >= 0.3 is 5.97 Å². The third-order valence-corrected chi connectivity index (χ3v) is 2.96. The van der Waals surface area contributed by atoms with Crippen LogP contribution in [-0.2, 0) is 20.7 Å². The number of aryl methyl sites for hydroxylation is 1. The maximum absolute atomic E-state index is 13.8. The van der Waals surface area contributed by atoms with E-state index in [4.69, 9.17) is 4.74 Å². The largest absolute Gasteiger partial charge is 0.469 e. The quantitative estimate of drug-likeness (QED) is 0.732. The molecule has 1 atom stereocenters. The molecule has 18 heavy (non-hydrogen) atoms. The van der Waals surface area contributed by atoms with E-state index in [0.717, 1.165) is 5.56 Å². The van der Waals surface area contributed by atoms with Crippen LogP contribution in [0.15, 0.2) is 18.2 Å². The molecule has 0 aliphatic heterocycles. The van der Waals surface area contributed by atoms with Gasteiger partial charge in [-0.25, -0.2) is 4.39 Å². The van der Waals surface area contributed by atoms with Crippen molar-refractivity contribution >= 4 is 5.97 Å². The van der Waals surface area contributed by atoms with Gasteiger partial charge in [0.25, 0.3) is 0 Å². The monoisotopic (exact) mass is 254 g/mol. The molecule has 1 rings (SSSR count). The van der Waals surface area contributed by atoms with Gasteiger partial charge in [0.1, 0.15) is 5.82 Å². The van der Waals surface area contributed by atoms with E-state index in [1.165, 1.54) is 13.2 Å². The van der Waals surface area contributed by atoms with Gasteiger partial charge in [-0.2, -0.15) is 0 Å². The van der Waals surface area contributed by atoms with E-state index in [-0.39, 0.29) is 17.9 Å². The second kappa shape index (κ2) is 7.11. The van der Waals surface area contributed by atoms with Gasteiger partial charge in [0, 0.05) is 19.1 Å². The summed E-state index contributed by atoms with van der Waals surface area (Å²) in [6, 6.07) is 4.97. The molecule has 0 bridgehead atoms. The van der Waals surface area contributed by atoms with Gasteiger partial charge in [-0.1, -0.05) is 12.1 Å². The summed E-state index contributed by atoms with van der Waals surface area (Å²) in [5.41, 5.74) is 1.46. The van der Waals surface area contributed by atoms with Crippen molar-refractivity contribution in [3.63, 3.8) is 0 Å². The average molecular weight is 254 g/mol. The summed E-state index contributed by atoms with van der Waals surface area (Å²) in [4.78, 5) is 11.0. The summed E-state index contributed by atoms with van der Waals surface area (Å²) in [6.45, 7) is 1.81. The molecule has 0 aliphatic rings. The van der Waals surface area contributed by atoms with E-state index in [9.17, 15) is 9.18 Å². The molecule has 100 valence electrons. The van der Waals surface area contributed by atoms with Gasteiger partial charge in [0.05, 0.1) is 13.2 Å².